The predicted octanol–water partition coefficient (Wildman–Crippen LogP) is 3.23. The molecule has 0 bridgehead atoms. The molecule has 0 radical (unpaired) electrons. The monoisotopic (exact) mass is 244 g/mol. The second-order valence-electron chi connectivity index (χ2n) is 4.79. The van der Waals surface area contributed by atoms with Crippen molar-refractivity contribution >= 4 is 29.3 Å². The zero-order valence-corrected chi connectivity index (χ0v) is 11.0. The molecular formula is C12H20OS2. The molecule has 0 N–H and O–H groups in total. The van der Waals surface area contributed by atoms with Gasteiger partial charge in [0.1, 0.15) is 5.78 Å². The lowest BCUT2D eigenvalue weighted by Crippen LogP contribution is -2.32. The molecule has 1 aliphatic heterocycles. The lowest BCUT2D eigenvalue weighted by molar-refractivity contribution is -0.123. The molecule has 0 aromatic heterocycles. The minimum Gasteiger partial charge on any atom is -0.298 e. The number of rotatable bonds is 2. The summed E-state index contributed by atoms with van der Waals surface area (Å²) in [4.78, 5) is 12.2. The molecule has 0 spiro atoms. The number of carbonyl (C=O) groups excluding carboxylic acids is 1. The molecule has 1 saturated heterocycles. The Labute approximate surface area is 101 Å². The number of hydrogen-bond acceptors (Lipinski definition) is 3. The van der Waals surface area contributed by atoms with Gasteiger partial charge in [0.05, 0.1) is 5.25 Å². The minimum absolute atomic E-state index is 0.321. The summed E-state index contributed by atoms with van der Waals surface area (Å²) in [5.74, 6) is 5.29. The molecule has 1 unspecified atom stereocenters. The smallest absolute Gasteiger partial charge is 0.149 e. The Morgan fingerprint density at radius 3 is 2.47 bits per heavy atom. The van der Waals surface area contributed by atoms with Crippen molar-refractivity contribution in [1.82, 2.24) is 0 Å². The van der Waals surface area contributed by atoms with Crippen molar-refractivity contribution in [2.24, 2.45) is 11.8 Å². The van der Waals surface area contributed by atoms with Gasteiger partial charge in [0.2, 0.25) is 0 Å². The Kier molecular flexibility index (Phi) is 4.44. The summed E-state index contributed by atoms with van der Waals surface area (Å²) in [5.41, 5.74) is 0. The second kappa shape index (κ2) is 5.62. The molecule has 2 aliphatic rings. The van der Waals surface area contributed by atoms with Crippen LogP contribution in [-0.2, 0) is 4.79 Å². The van der Waals surface area contributed by atoms with Gasteiger partial charge >= 0.3 is 0 Å². The van der Waals surface area contributed by atoms with Crippen molar-refractivity contribution in [1.29, 1.82) is 0 Å². The van der Waals surface area contributed by atoms with Gasteiger partial charge < -0.3 is 0 Å². The van der Waals surface area contributed by atoms with E-state index >= 15 is 0 Å². The van der Waals surface area contributed by atoms with Gasteiger partial charge in [-0.25, -0.2) is 0 Å². The maximum absolute atomic E-state index is 12.2. The molecular weight excluding hydrogens is 224 g/mol. The fraction of sp³-hybridized carbons (Fsp3) is 0.917. The summed E-state index contributed by atoms with van der Waals surface area (Å²) in [6, 6.07) is 0. The van der Waals surface area contributed by atoms with Crippen LogP contribution in [0.3, 0.4) is 0 Å². The number of Topliss-reactive ketones (excluding diaryl/α,β-unsaturated/α-hetero) is 1. The minimum atomic E-state index is 0.321. The maximum atomic E-state index is 12.2. The molecule has 1 heterocycles. The van der Waals surface area contributed by atoms with E-state index in [2.05, 4.69) is 6.92 Å². The van der Waals surface area contributed by atoms with Crippen LogP contribution in [0.2, 0.25) is 0 Å². The predicted molar refractivity (Wildman–Crippen MR) is 69.7 cm³/mol. The zero-order valence-electron chi connectivity index (χ0n) is 9.41. The van der Waals surface area contributed by atoms with E-state index in [1.165, 1.54) is 24.3 Å². The van der Waals surface area contributed by atoms with Crippen LogP contribution in [0.4, 0.5) is 0 Å². The highest BCUT2D eigenvalue weighted by Gasteiger charge is 2.31. The van der Waals surface area contributed by atoms with Gasteiger partial charge in [0.25, 0.3) is 0 Å². The van der Waals surface area contributed by atoms with Crippen LogP contribution in [-0.4, -0.2) is 28.3 Å². The first-order valence-electron chi connectivity index (χ1n) is 6.00. The summed E-state index contributed by atoms with van der Waals surface area (Å²) >= 11 is 3.85. The highest BCUT2D eigenvalue weighted by molar-refractivity contribution is 8.07. The SMILES string of the molecule is CC1CCC(C(=O)C2CSCCS2)CC1. The lowest BCUT2D eigenvalue weighted by Gasteiger charge is -2.29. The van der Waals surface area contributed by atoms with Gasteiger partial charge in [-0.05, 0) is 18.8 Å². The Morgan fingerprint density at radius 1 is 1.13 bits per heavy atom. The van der Waals surface area contributed by atoms with Crippen LogP contribution in [0, 0.1) is 11.8 Å². The number of carbonyl (C=O) groups is 1. The molecule has 15 heavy (non-hydrogen) atoms. The largest absolute Gasteiger partial charge is 0.298 e. The second-order valence-corrected chi connectivity index (χ2v) is 7.25. The van der Waals surface area contributed by atoms with Crippen molar-refractivity contribution in [2.45, 2.75) is 37.9 Å². The zero-order chi connectivity index (χ0) is 10.7. The summed E-state index contributed by atoms with van der Waals surface area (Å²) in [6.07, 6.45) is 4.84. The van der Waals surface area contributed by atoms with E-state index in [0.29, 0.717) is 17.0 Å². The quantitative estimate of drug-likeness (QED) is 0.742. The van der Waals surface area contributed by atoms with Gasteiger partial charge in [-0.15, -0.1) is 11.8 Å². The first-order chi connectivity index (χ1) is 7.27. The van der Waals surface area contributed by atoms with Crippen molar-refractivity contribution in [3.05, 3.63) is 0 Å². The topological polar surface area (TPSA) is 17.1 Å². The normalized spacial score (nSPS) is 37.5. The molecule has 2 rings (SSSR count). The first kappa shape index (κ1) is 11.8. The van der Waals surface area contributed by atoms with E-state index in [-0.39, 0.29) is 0 Å². The highest BCUT2D eigenvalue weighted by Crippen LogP contribution is 2.34. The molecule has 3 heteroatoms. The molecule has 0 amide bonds. The van der Waals surface area contributed by atoms with Crippen LogP contribution >= 0.6 is 23.5 Å². The number of ketones is 1. The number of thioether (sulfide) groups is 2. The van der Waals surface area contributed by atoms with Crippen LogP contribution in [0.25, 0.3) is 0 Å². The van der Waals surface area contributed by atoms with E-state index in [1.54, 1.807) is 0 Å². The molecule has 86 valence electrons. The van der Waals surface area contributed by atoms with E-state index in [9.17, 15) is 4.79 Å². The van der Waals surface area contributed by atoms with Crippen molar-refractivity contribution in [2.75, 3.05) is 17.3 Å². The van der Waals surface area contributed by atoms with Gasteiger partial charge in [-0.2, -0.15) is 11.8 Å². The summed E-state index contributed by atoms with van der Waals surface area (Å²) in [6.45, 7) is 2.31. The molecule has 0 aromatic carbocycles. The van der Waals surface area contributed by atoms with E-state index in [1.807, 2.05) is 23.5 Å². The Balaban J connectivity index is 1.84. The maximum Gasteiger partial charge on any atom is 0.149 e. The summed E-state index contributed by atoms with van der Waals surface area (Å²) < 4.78 is 0. The van der Waals surface area contributed by atoms with Crippen LogP contribution in [0.1, 0.15) is 32.6 Å². The van der Waals surface area contributed by atoms with E-state index < -0.39 is 0 Å². The van der Waals surface area contributed by atoms with Crippen LogP contribution < -0.4 is 0 Å². The fourth-order valence-electron chi connectivity index (χ4n) is 2.46. The summed E-state index contributed by atoms with van der Waals surface area (Å²) in [7, 11) is 0. The molecule has 1 atom stereocenters. The average Bonchev–Trinajstić information content (AvgIpc) is 2.30. The standard InChI is InChI=1S/C12H20OS2/c1-9-2-4-10(5-3-9)12(13)11-8-14-6-7-15-11/h9-11H,2-8H2,1H3. The Morgan fingerprint density at radius 2 is 1.87 bits per heavy atom. The Hall–Kier alpha value is 0.370. The Bertz CT molecular complexity index is 216. The third-order valence-corrected chi connectivity index (χ3v) is 6.32. The van der Waals surface area contributed by atoms with Crippen LogP contribution in [0.5, 0.6) is 0 Å². The fourth-order valence-corrected chi connectivity index (χ4v) is 5.18. The average molecular weight is 244 g/mol. The van der Waals surface area contributed by atoms with E-state index in [0.717, 1.165) is 24.5 Å². The third kappa shape index (κ3) is 3.16. The van der Waals surface area contributed by atoms with Gasteiger partial charge in [0, 0.05) is 23.2 Å². The van der Waals surface area contributed by atoms with Crippen LogP contribution in [0.15, 0.2) is 0 Å². The first-order valence-corrected chi connectivity index (χ1v) is 8.21. The van der Waals surface area contributed by atoms with Gasteiger partial charge in [-0.3, -0.25) is 4.79 Å². The highest BCUT2D eigenvalue weighted by atomic mass is 32.2. The van der Waals surface area contributed by atoms with Gasteiger partial charge in [0.15, 0.2) is 0 Å². The number of hydrogen-bond donors (Lipinski definition) is 0. The molecule has 1 aliphatic carbocycles. The molecule has 1 nitrogen and oxygen atoms in total. The van der Waals surface area contributed by atoms with Crippen molar-refractivity contribution in [3.8, 4) is 0 Å². The molecule has 1 saturated carbocycles. The van der Waals surface area contributed by atoms with Gasteiger partial charge in [-0.1, -0.05) is 19.8 Å². The van der Waals surface area contributed by atoms with E-state index in [4.69, 9.17) is 0 Å². The van der Waals surface area contributed by atoms with Crippen molar-refractivity contribution in [3.63, 3.8) is 0 Å². The summed E-state index contributed by atoms with van der Waals surface area (Å²) in [5, 5.41) is 0.321. The third-order valence-electron chi connectivity index (χ3n) is 3.55. The molecule has 0 aromatic rings. The molecule has 2 fully saturated rings. The lowest BCUT2D eigenvalue weighted by atomic mass is 9.80. The van der Waals surface area contributed by atoms with Crippen molar-refractivity contribution < 1.29 is 4.79 Å².